The lowest BCUT2D eigenvalue weighted by molar-refractivity contribution is -0.127. The number of aliphatic hydroxyl groups is 1. The van der Waals surface area contributed by atoms with E-state index in [1.807, 2.05) is 0 Å². The molecule has 0 spiro atoms. The number of carbonyl (C=O) groups is 2. The fourth-order valence-corrected chi connectivity index (χ4v) is 4.74. The van der Waals surface area contributed by atoms with Gasteiger partial charge in [-0.2, -0.15) is 0 Å². The number of hydrogen-bond acceptors (Lipinski definition) is 3. The van der Waals surface area contributed by atoms with Gasteiger partial charge in [0.15, 0.2) is 0 Å². The van der Waals surface area contributed by atoms with Crippen molar-refractivity contribution in [2.24, 2.45) is 0 Å². The van der Waals surface area contributed by atoms with Gasteiger partial charge < -0.3 is 5.11 Å². The van der Waals surface area contributed by atoms with Gasteiger partial charge in [0, 0.05) is 12.8 Å². The van der Waals surface area contributed by atoms with Crippen LogP contribution in [0.4, 0.5) is 0 Å². The molecular formula is C31H60O3. The first kappa shape index (κ1) is 33.3. The molecule has 0 amide bonds. The van der Waals surface area contributed by atoms with Crippen LogP contribution in [0.5, 0.6) is 0 Å². The molecule has 0 bridgehead atoms. The highest BCUT2D eigenvalue weighted by Crippen LogP contribution is 2.15. The quantitative estimate of drug-likeness (QED) is 0.0895. The zero-order valence-corrected chi connectivity index (χ0v) is 23.2. The molecule has 202 valence electrons. The Labute approximate surface area is 213 Å². The summed E-state index contributed by atoms with van der Waals surface area (Å²) in [5, 5.41) is 10.00. The second kappa shape index (κ2) is 26.9. The van der Waals surface area contributed by atoms with Crippen molar-refractivity contribution >= 4 is 11.6 Å². The normalized spacial score (nSPS) is 12.2. The predicted molar refractivity (Wildman–Crippen MR) is 147 cm³/mol. The van der Waals surface area contributed by atoms with E-state index in [2.05, 4.69) is 13.8 Å². The Bertz CT molecular complexity index is 446. The summed E-state index contributed by atoms with van der Waals surface area (Å²) in [4.78, 5) is 24.1. The van der Waals surface area contributed by atoms with Crippen molar-refractivity contribution in [2.45, 2.75) is 187 Å². The molecule has 1 N–H and O–H groups in total. The highest BCUT2D eigenvalue weighted by molar-refractivity contribution is 5.98. The van der Waals surface area contributed by atoms with E-state index in [9.17, 15) is 14.7 Å². The van der Waals surface area contributed by atoms with Gasteiger partial charge in [-0.05, 0) is 25.7 Å². The molecule has 0 saturated heterocycles. The minimum absolute atomic E-state index is 0.114. The van der Waals surface area contributed by atoms with Crippen LogP contribution in [0.1, 0.15) is 181 Å². The van der Waals surface area contributed by atoms with Crippen LogP contribution in [0.25, 0.3) is 0 Å². The van der Waals surface area contributed by atoms with Crippen LogP contribution in [0.2, 0.25) is 0 Å². The standard InChI is InChI=1S/C31H60O3/c1-3-5-7-9-10-11-12-13-14-18-22-26-30(33)28-31(34)27-23-19-16-15-17-21-25-29(32)24-20-8-6-4-2/h29,32H,3-28H2,1-2H3. The minimum atomic E-state index is -0.114. The molecule has 0 aromatic carbocycles. The van der Waals surface area contributed by atoms with Gasteiger partial charge in [0.25, 0.3) is 0 Å². The minimum Gasteiger partial charge on any atom is -0.393 e. The summed E-state index contributed by atoms with van der Waals surface area (Å²) >= 11 is 0. The van der Waals surface area contributed by atoms with Gasteiger partial charge in [-0.25, -0.2) is 0 Å². The van der Waals surface area contributed by atoms with E-state index in [1.54, 1.807) is 0 Å². The van der Waals surface area contributed by atoms with Crippen LogP contribution in [0.15, 0.2) is 0 Å². The lowest BCUT2D eigenvalue weighted by Gasteiger charge is -2.10. The summed E-state index contributed by atoms with van der Waals surface area (Å²) in [6.45, 7) is 4.47. The zero-order valence-electron chi connectivity index (χ0n) is 23.2. The predicted octanol–water partition coefficient (Wildman–Crippen LogP) is 9.67. The number of carbonyl (C=O) groups excluding carboxylic acids is 2. The molecule has 0 aliphatic heterocycles. The molecule has 0 aliphatic rings. The molecule has 34 heavy (non-hydrogen) atoms. The largest absolute Gasteiger partial charge is 0.393 e. The SMILES string of the molecule is CCCCCCCCCCCCCC(=O)CC(=O)CCCCCCCCC(O)CCCCCC. The Hall–Kier alpha value is -0.700. The van der Waals surface area contributed by atoms with Crippen LogP contribution >= 0.6 is 0 Å². The van der Waals surface area contributed by atoms with E-state index in [4.69, 9.17) is 0 Å². The van der Waals surface area contributed by atoms with Crippen molar-refractivity contribution < 1.29 is 14.7 Å². The van der Waals surface area contributed by atoms with Gasteiger partial charge in [0.05, 0.1) is 12.5 Å². The Balaban J connectivity index is 3.37. The Kier molecular flexibility index (Phi) is 26.3. The van der Waals surface area contributed by atoms with E-state index in [1.165, 1.54) is 89.9 Å². The van der Waals surface area contributed by atoms with Crippen molar-refractivity contribution in [1.82, 2.24) is 0 Å². The molecule has 0 aromatic heterocycles. The average molecular weight is 481 g/mol. The molecule has 0 aromatic rings. The number of aliphatic hydroxyl groups excluding tert-OH is 1. The van der Waals surface area contributed by atoms with Crippen molar-refractivity contribution in [2.75, 3.05) is 0 Å². The van der Waals surface area contributed by atoms with Crippen molar-refractivity contribution in [3.8, 4) is 0 Å². The van der Waals surface area contributed by atoms with Gasteiger partial charge in [-0.1, -0.05) is 136 Å². The van der Waals surface area contributed by atoms with E-state index < -0.39 is 0 Å². The topological polar surface area (TPSA) is 54.4 Å². The smallest absolute Gasteiger partial charge is 0.140 e. The number of Topliss-reactive ketones (excluding diaryl/α,β-unsaturated/α-hetero) is 2. The zero-order chi connectivity index (χ0) is 25.1. The molecule has 0 aliphatic carbocycles. The maximum Gasteiger partial charge on any atom is 0.140 e. The van der Waals surface area contributed by atoms with E-state index in [-0.39, 0.29) is 24.1 Å². The van der Waals surface area contributed by atoms with E-state index >= 15 is 0 Å². The molecule has 1 unspecified atom stereocenters. The summed E-state index contributed by atoms with van der Waals surface area (Å²) < 4.78 is 0. The van der Waals surface area contributed by atoms with E-state index in [0.29, 0.717) is 12.8 Å². The second-order valence-corrected chi connectivity index (χ2v) is 10.7. The number of hydrogen-bond donors (Lipinski definition) is 1. The van der Waals surface area contributed by atoms with Crippen LogP contribution in [0.3, 0.4) is 0 Å². The van der Waals surface area contributed by atoms with Gasteiger partial charge in [-0.3, -0.25) is 9.59 Å². The van der Waals surface area contributed by atoms with Gasteiger partial charge >= 0.3 is 0 Å². The third-order valence-corrected chi connectivity index (χ3v) is 7.09. The molecule has 0 rings (SSSR count). The van der Waals surface area contributed by atoms with Crippen LogP contribution in [0, 0.1) is 0 Å². The Morgan fingerprint density at radius 3 is 1.15 bits per heavy atom. The van der Waals surface area contributed by atoms with Gasteiger partial charge in [-0.15, -0.1) is 0 Å². The average Bonchev–Trinajstić information content (AvgIpc) is 2.82. The Morgan fingerprint density at radius 2 is 0.765 bits per heavy atom. The maximum atomic E-state index is 12.0. The summed E-state index contributed by atoms with van der Waals surface area (Å²) in [7, 11) is 0. The number of unbranched alkanes of at least 4 members (excludes halogenated alkanes) is 18. The fraction of sp³-hybridized carbons (Fsp3) is 0.935. The molecule has 0 heterocycles. The van der Waals surface area contributed by atoms with Crippen LogP contribution < -0.4 is 0 Å². The first-order valence-corrected chi connectivity index (χ1v) is 15.3. The number of rotatable bonds is 28. The molecular weight excluding hydrogens is 420 g/mol. The Morgan fingerprint density at radius 1 is 0.471 bits per heavy atom. The molecule has 3 heteroatoms. The van der Waals surface area contributed by atoms with Crippen molar-refractivity contribution in [1.29, 1.82) is 0 Å². The number of ketones is 2. The van der Waals surface area contributed by atoms with Crippen molar-refractivity contribution in [3.63, 3.8) is 0 Å². The first-order chi connectivity index (χ1) is 16.6. The second-order valence-electron chi connectivity index (χ2n) is 10.7. The highest BCUT2D eigenvalue weighted by Gasteiger charge is 2.09. The summed E-state index contributed by atoms with van der Waals surface area (Å²) in [6, 6.07) is 0. The van der Waals surface area contributed by atoms with E-state index in [0.717, 1.165) is 57.8 Å². The molecule has 3 nitrogen and oxygen atoms in total. The highest BCUT2D eigenvalue weighted by atomic mass is 16.3. The first-order valence-electron chi connectivity index (χ1n) is 15.3. The molecule has 0 saturated carbocycles. The third-order valence-electron chi connectivity index (χ3n) is 7.09. The summed E-state index contributed by atoms with van der Waals surface area (Å²) in [5.74, 6) is 0.286. The molecule has 0 fully saturated rings. The fourth-order valence-electron chi connectivity index (χ4n) is 4.74. The van der Waals surface area contributed by atoms with Gasteiger partial charge in [0.1, 0.15) is 11.6 Å². The van der Waals surface area contributed by atoms with Crippen LogP contribution in [-0.4, -0.2) is 22.8 Å². The molecule has 0 radical (unpaired) electrons. The lowest BCUT2D eigenvalue weighted by atomic mass is 10.0. The van der Waals surface area contributed by atoms with Crippen molar-refractivity contribution in [3.05, 3.63) is 0 Å². The summed E-state index contributed by atoms with van der Waals surface area (Å²) in [5.41, 5.74) is 0. The lowest BCUT2D eigenvalue weighted by Crippen LogP contribution is -2.07. The maximum absolute atomic E-state index is 12.0. The third kappa shape index (κ3) is 25.9. The summed E-state index contributed by atoms with van der Waals surface area (Å²) in [6.07, 6.45) is 28.8. The van der Waals surface area contributed by atoms with Crippen LogP contribution in [-0.2, 0) is 9.59 Å². The monoisotopic (exact) mass is 480 g/mol. The van der Waals surface area contributed by atoms with Gasteiger partial charge in [0.2, 0.25) is 0 Å². The molecule has 1 atom stereocenters.